The zero-order valence-corrected chi connectivity index (χ0v) is 11.7. The molecule has 94 valence electrons. The van der Waals surface area contributed by atoms with Crippen molar-refractivity contribution in [1.29, 1.82) is 0 Å². The van der Waals surface area contributed by atoms with Gasteiger partial charge in [0.15, 0.2) is 0 Å². The van der Waals surface area contributed by atoms with E-state index in [1.807, 2.05) is 39.0 Å². The summed E-state index contributed by atoms with van der Waals surface area (Å²) in [5.74, 6) is 0. The smallest absolute Gasteiger partial charge is 0.0994 e. The van der Waals surface area contributed by atoms with E-state index in [0.717, 1.165) is 5.71 Å². The average Bonchev–Trinajstić information content (AvgIpc) is 2.29. The quantitative estimate of drug-likeness (QED) is 0.725. The maximum absolute atomic E-state index is 5.45. The van der Waals surface area contributed by atoms with Crippen LogP contribution in [0.15, 0.2) is 35.3 Å². The molecule has 0 atom stereocenters. The maximum atomic E-state index is 5.45. The molecular weight excluding hydrogens is 210 g/mol. The first kappa shape index (κ1) is 13.9. The molecule has 1 rings (SSSR count). The Bertz CT molecular complexity index is 391. The summed E-state index contributed by atoms with van der Waals surface area (Å²) < 4.78 is 5.45. The zero-order valence-electron chi connectivity index (χ0n) is 11.7. The average molecular weight is 233 g/mol. The Morgan fingerprint density at radius 2 is 1.59 bits per heavy atom. The lowest BCUT2D eigenvalue weighted by Crippen LogP contribution is -2.34. The summed E-state index contributed by atoms with van der Waals surface area (Å²) in [7, 11) is 1.72. The van der Waals surface area contributed by atoms with E-state index in [2.05, 4.69) is 26.0 Å². The molecule has 0 unspecified atom stereocenters. The number of hydrogen-bond acceptors (Lipinski definition) is 2. The number of benzene rings is 1. The molecule has 0 heterocycles. The van der Waals surface area contributed by atoms with Gasteiger partial charge in [0.25, 0.3) is 0 Å². The van der Waals surface area contributed by atoms with Crippen LogP contribution in [-0.4, -0.2) is 18.4 Å². The van der Waals surface area contributed by atoms with Crippen molar-refractivity contribution >= 4 is 5.71 Å². The zero-order chi connectivity index (χ0) is 13.1. The first-order valence-corrected chi connectivity index (χ1v) is 5.97. The molecule has 0 amide bonds. The highest BCUT2D eigenvalue weighted by Gasteiger charge is 2.25. The Hall–Kier alpha value is -1.15. The molecule has 2 heteroatoms. The summed E-state index contributed by atoms with van der Waals surface area (Å²) in [6.07, 6.45) is 0. The van der Waals surface area contributed by atoms with Gasteiger partial charge in [0.05, 0.1) is 11.1 Å². The van der Waals surface area contributed by atoms with Gasteiger partial charge in [0.2, 0.25) is 0 Å². The SMILES string of the molecule is COC(C)(C)C(C)=NC(C)(C)c1ccccc1. The van der Waals surface area contributed by atoms with Gasteiger partial charge < -0.3 is 4.74 Å². The largest absolute Gasteiger partial charge is 0.373 e. The molecule has 1 aromatic carbocycles. The summed E-state index contributed by atoms with van der Waals surface area (Å²) in [6, 6.07) is 10.3. The van der Waals surface area contributed by atoms with Crippen molar-refractivity contribution in [3.8, 4) is 0 Å². The summed E-state index contributed by atoms with van der Waals surface area (Å²) >= 11 is 0. The highest BCUT2D eigenvalue weighted by Crippen LogP contribution is 2.26. The third-order valence-electron chi connectivity index (χ3n) is 3.31. The first-order valence-electron chi connectivity index (χ1n) is 5.97. The molecular formula is C15H23NO. The fourth-order valence-corrected chi connectivity index (χ4v) is 1.61. The molecule has 1 aromatic rings. The van der Waals surface area contributed by atoms with Crippen LogP contribution >= 0.6 is 0 Å². The van der Waals surface area contributed by atoms with Crippen LogP contribution in [0.3, 0.4) is 0 Å². The molecule has 0 saturated heterocycles. The third kappa shape index (κ3) is 3.40. The summed E-state index contributed by atoms with van der Waals surface area (Å²) in [4.78, 5) is 4.81. The fraction of sp³-hybridized carbons (Fsp3) is 0.533. The lowest BCUT2D eigenvalue weighted by molar-refractivity contribution is 0.0815. The van der Waals surface area contributed by atoms with Crippen LogP contribution in [0.5, 0.6) is 0 Å². The van der Waals surface area contributed by atoms with Crippen LogP contribution in [-0.2, 0) is 10.3 Å². The predicted octanol–water partition coefficient (Wildman–Crippen LogP) is 3.81. The van der Waals surface area contributed by atoms with Crippen molar-refractivity contribution in [3.05, 3.63) is 35.9 Å². The minimum Gasteiger partial charge on any atom is -0.373 e. The van der Waals surface area contributed by atoms with Crippen molar-refractivity contribution in [1.82, 2.24) is 0 Å². The van der Waals surface area contributed by atoms with Crippen molar-refractivity contribution in [2.75, 3.05) is 7.11 Å². The Balaban J connectivity index is 3.05. The molecule has 0 spiro atoms. The monoisotopic (exact) mass is 233 g/mol. The number of nitrogens with zero attached hydrogens (tertiary/aromatic N) is 1. The van der Waals surface area contributed by atoms with Crippen molar-refractivity contribution < 1.29 is 4.74 Å². The van der Waals surface area contributed by atoms with Gasteiger partial charge in [-0.25, -0.2) is 0 Å². The molecule has 2 nitrogen and oxygen atoms in total. The van der Waals surface area contributed by atoms with Gasteiger partial charge in [-0.3, -0.25) is 4.99 Å². The number of rotatable bonds is 4. The van der Waals surface area contributed by atoms with E-state index in [0.29, 0.717) is 0 Å². The van der Waals surface area contributed by atoms with Gasteiger partial charge in [-0.15, -0.1) is 0 Å². The highest BCUT2D eigenvalue weighted by atomic mass is 16.5. The molecule has 0 aliphatic rings. The molecule has 0 aliphatic heterocycles. The highest BCUT2D eigenvalue weighted by molar-refractivity contribution is 5.90. The number of hydrogen-bond donors (Lipinski definition) is 0. The Kier molecular flexibility index (Phi) is 4.10. The van der Waals surface area contributed by atoms with E-state index in [9.17, 15) is 0 Å². The minimum atomic E-state index is -0.313. The number of methoxy groups -OCH3 is 1. The van der Waals surface area contributed by atoms with E-state index in [1.54, 1.807) is 7.11 Å². The Labute approximate surface area is 105 Å². The molecule has 0 bridgehead atoms. The Morgan fingerprint density at radius 3 is 2.06 bits per heavy atom. The molecule has 0 N–H and O–H groups in total. The maximum Gasteiger partial charge on any atom is 0.0994 e. The van der Waals surface area contributed by atoms with E-state index in [4.69, 9.17) is 9.73 Å². The van der Waals surface area contributed by atoms with E-state index in [-0.39, 0.29) is 11.1 Å². The fourth-order valence-electron chi connectivity index (χ4n) is 1.61. The molecule has 0 saturated carbocycles. The van der Waals surface area contributed by atoms with Gasteiger partial charge in [0, 0.05) is 12.8 Å². The molecule has 0 fully saturated rings. The molecule has 0 aromatic heterocycles. The van der Waals surface area contributed by atoms with Crippen LogP contribution in [0.4, 0.5) is 0 Å². The normalized spacial score (nSPS) is 13.9. The second kappa shape index (κ2) is 5.01. The van der Waals surface area contributed by atoms with Gasteiger partial charge in [-0.1, -0.05) is 30.3 Å². The van der Waals surface area contributed by atoms with Gasteiger partial charge in [-0.2, -0.15) is 0 Å². The van der Waals surface area contributed by atoms with Crippen LogP contribution in [0.25, 0.3) is 0 Å². The summed E-state index contributed by atoms with van der Waals surface area (Å²) in [5.41, 5.74) is 1.69. The second-order valence-electron chi connectivity index (χ2n) is 5.34. The van der Waals surface area contributed by atoms with E-state index >= 15 is 0 Å². The summed E-state index contributed by atoms with van der Waals surface area (Å²) in [6.45, 7) is 10.3. The van der Waals surface area contributed by atoms with Gasteiger partial charge in [-0.05, 0) is 40.2 Å². The van der Waals surface area contributed by atoms with Gasteiger partial charge >= 0.3 is 0 Å². The predicted molar refractivity (Wildman–Crippen MR) is 73.7 cm³/mol. The van der Waals surface area contributed by atoms with Crippen molar-refractivity contribution in [3.63, 3.8) is 0 Å². The summed E-state index contributed by atoms with van der Waals surface area (Å²) in [5, 5.41) is 0. The van der Waals surface area contributed by atoms with Crippen LogP contribution in [0.2, 0.25) is 0 Å². The van der Waals surface area contributed by atoms with E-state index < -0.39 is 0 Å². The van der Waals surface area contributed by atoms with Crippen LogP contribution in [0, 0.1) is 0 Å². The molecule has 0 radical (unpaired) electrons. The molecule has 0 aliphatic carbocycles. The lowest BCUT2D eigenvalue weighted by atomic mass is 9.93. The molecule has 17 heavy (non-hydrogen) atoms. The lowest BCUT2D eigenvalue weighted by Gasteiger charge is -2.28. The van der Waals surface area contributed by atoms with Crippen LogP contribution in [0.1, 0.15) is 40.2 Å². The Morgan fingerprint density at radius 1 is 1.06 bits per heavy atom. The van der Waals surface area contributed by atoms with Crippen molar-refractivity contribution in [2.24, 2.45) is 4.99 Å². The third-order valence-corrected chi connectivity index (χ3v) is 3.31. The van der Waals surface area contributed by atoms with E-state index in [1.165, 1.54) is 5.56 Å². The van der Waals surface area contributed by atoms with Gasteiger partial charge in [0.1, 0.15) is 0 Å². The standard InChI is InChI=1S/C15H23NO/c1-12(15(4,5)17-6)16-14(2,3)13-10-8-7-9-11-13/h7-11H,1-6H3. The van der Waals surface area contributed by atoms with Crippen LogP contribution < -0.4 is 0 Å². The van der Waals surface area contributed by atoms with Crippen molar-refractivity contribution in [2.45, 2.75) is 45.8 Å². The first-order chi connectivity index (χ1) is 7.79. The number of ether oxygens (including phenoxy) is 1. The second-order valence-corrected chi connectivity index (χ2v) is 5.34. The topological polar surface area (TPSA) is 21.6 Å². The minimum absolute atomic E-state index is 0.221. The number of aliphatic imine (C=N–C) groups is 1.